The Morgan fingerprint density at radius 3 is 2.26 bits per heavy atom. The van der Waals surface area contributed by atoms with Crippen LogP contribution >= 0.6 is 34.5 Å². The summed E-state index contributed by atoms with van der Waals surface area (Å²) in [5, 5.41) is 1.10. The van der Waals surface area contributed by atoms with Crippen LogP contribution < -0.4 is 14.5 Å². The van der Waals surface area contributed by atoms with E-state index in [1.165, 1.54) is 4.88 Å². The van der Waals surface area contributed by atoms with Crippen LogP contribution in [-0.4, -0.2) is 35.1 Å². The number of pyridine rings is 1. The molecule has 0 aliphatic heterocycles. The first-order valence-electron chi connectivity index (χ1n) is 12.8. The van der Waals surface area contributed by atoms with Crippen molar-refractivity contribution < 1.29 is 28.4 Å². The third-order valence-electron chi connectivity index (χ3n) is 7.09. The highest BCUT2D eigenvalue weighted by Crippen LogP contribution is 2.37. The van der Waals surface area contributed by atoms with Crippen molar-refractivity contribution in [2.45, 2.75) is 64.3 Å². The zero-order chi connectivity index (χ0) is 28.8. The van der Waals surface area contributed by atoms with Crippen molar-refractivity contribution in [2.24, 2.45) is 0 Å². The number of benzene rings is 1. The van der Waals surface area contributed by atoms with Crippen LogP contribution in [0.4, 0.5) is 0 Å². The number of methoxy groups -OCH3 is 2. The number of esters is 1. The number of H-pyrrole nitrogens is 1. The number of aromatic nitrogens is 1. The van der Waals surface area contributed by atoms with Gasteiger partial charge in [0.05, 0.1) is 20.6 Å². The van der Waals surface area contributed by atoms with Crippen LogP contribution in [0.2, 0.25) is 28.2 Å². The molecule has 0 amide bonds. The lowest BCUT2D eigenvalue weighted by molar-refractivity contribution is -0.377. The fraction of sp³-hybridized carbons (Fsp3) is 0.448. The second-order valence-corrected chi connectivity index (χ2v) is 17.7. The van der Waals surface area contributed by atoms with E-state index in [1.54, 1.807) is 50.1 Å². The number of nitrogens with one attached hydrogen (secondary N) is 1. The second kappa shape index (κ2) is 13.5. The smallest absolute Gasteiger partial charge is 0.311 e. The minimum absolute atomic E-state index is 0.168. The van der Waals surface area contributed by atoms with Crippen LogP contribution in [0.1, 0.15) is 47.8 Å². The monoisotopic (exact) mass is 610 g/mol. The van der Waals surface area contributed by atoms with Crippen molar-refractivity contribution in [3.05, 3.63) is 73.7 Å². The first-order valence-corrected chi connectivity index (χ1v) is 17.3. The molecule has 0 fully saturated rings. The Hall–Kier alpha value is -2.10. The van der Waals surface area contributed by atoms with Gasteiger partial charge in [-0.25, -0.2) is 4.98 Å². The van der Waals surface area contributed by atoms with Crippen LogP contribution in [0.3, 0.4) is 0 Å². The van der Waals surface area contributed by atoms with E-state index in [1.807, 2.05) is 12.1 Å². The minimum Gasteiger partial charge on any atom is -0.493 e. The van der Waals surface area contributed by atoms with E-state index in [4.69, 9.17) is 41.8 Å². The second-order valence-electron chi connectivity index (χ2n) is 10.8. The lowest BCUT2D eigenvalue weighted by Crippen LogP contribution is -2.41. The fourth-order valence-corrected chi connectivity index (χ4v) is 6.32. The summed E-state index contributed by atoms with van der Waals surface area (Å²) in [4.78, 5) is 18.2. The van der Waals surface area contributed by atoms with Gasteiger partial charge < -0.3 is 18.6 Å². The topological polar surface area (TPSA) is 68.1 Å². The average molecular weight is 612 g/mol. The van der Waals surface area contributed by atoms with E-state index in [0.29, 0.717) is 40.1 Å². The fourth-order valence-electron chi connectivity index (χ4n) is 3.75. The van der Waals surface area contributed by atoms with Gasteiger partial charge in [0.2, 0.25) is 0 Å². The summed E-state index contributed by atoms with van der Waals surface area (Å²) in [6, 6.07) is 9.49. The lowest BCUT2D eigenvalue weighted by atomic mass is 10.0. The van der Waals surface area contributed by atoms with Gasteiger partial charge in [0, 0.05) is 34.8 Å². The SMILES string of the molecule is COc1ccc([C@H](Cc2c(Cl)c[nH+]cc2Cl)OC(=O)Cc2ccc(CCO[Si](C)(C)C(C)(C)C)s2)cc1OC. The average Bonchev–Trinajstić information content (AvgIpc) is 3.31. The third kappa shape index (κ3) is 8.44. The molecule has 39 heavy (non-hydrogen) atoms. The van der Waals surface area contributed by atoms with Crippen molar-refractivity contribution in [1.82, 2.24) is 0 Å². The molecule has 3 aromatic rings. The molecule has 2 aromatic heterocycles. The van der Waals surface area contributed by atoms with E-state index in [0.717, 1.165) is 16.9 Å². The molecule has 10 heteroatoms. The Kier molecular flexibility index (Phi) is 10.9. The van der Waals surface area contributed by atoms with Crippen molar-refractivity contribution in [3.63, 3.8) is 0 Å². The van der Waals surface area contributed by atoms with Crippen molar-refractivity contribution in [3.8, 4) is 11.5 Å². The number of thiophene rings is 1. The van der Waals surface area contributed by atoms with Gasteiger partial charge in [0.15, 0.2) is 32.2 Å². The maximum absolute atomic E-state index is 13.1. The summed E-state index contributed by atoms with van der Waals surface area (Å²) in [7, 11) is 1.35. The summed E-state index contributed by atoms with van der Waals surface area (Å²) in [5.41, 5.74) is 1.43. The first-order chi connectivity index (χ1) is 18.3. The highest BCUT2D eigenvalue weighted by molar-refractivity contribution is 7.12. The summed E-state index contributed by atoms with van der Waals surface area (Å²) in [5.74, 6) is 0.785. The van der Waals surface area contributed by atoms with Crippen LogP contribution in [0.5, 0.6) is 11.5 Å². The van der Waals surface area contributed by atoms with Gasteiger partial charge in [-0.1, -0.05) is 50.0 Å². The van der Waals surface area contributed by atoms with E-state index < -0.39 is 14.4 Å². The van der Waals surface area contributed by atoms with Gasteiger partial charge in [-0.05, 0) is 48.0 Å². The summed E-state index contributed by atoms with van der Waals surface area (Å²) in [6.45, 7) is 11.9. The molecule has 3 rings (SSSR count). The first kappa shape index (κ1) is 31.4. The van der Waals surface area contributed by atoms with Crippen LogP contribution in [0.15, 0.2) is 42.7 Å². The Balaban J connectivity index is 1.72. The van der Waals surface area contributed by atoms with Gasteiger partial charge in [-0.3, -0.25) is 4.79 Å². The molecular weight excluding hydrogens is 573 g/mol. The Bertz CT molecular complexity index is 1250. The molecule has 6 nitrogen and oxygen atoms in total. The maximum atomic E-state index is 13.1. The van der Waals surface area contributed by atoms with Crippen LogP contribution in [0, 0.1) is 0 Å². The number of carbonyl (C=O) groups is 1. The lowest BCUT2D eigenvalue weighted by Gasteiger charge is -2.36. The molecule has 1 aromatic carbocycles. The number of aromatic amines is 1. The van der Waals surface area contributed by atoms with E-state index in [9.17, 15) is 4.79 Å². The zero-order valence-electron chi connectivity index (χ0n) is 23.7. The maximum Gasteiger partial charge on any atom is 0.311 e. The predicted octanol–water partition coefficient (Wildman–Crippen LogP) is 7.52. The molecule has 0 aliphatic rings. The van der Waals surface area contributed by atoms with Crippen molar-refractivity contribution in [1.29, 1.82) is 0 Å². The molecule has 0 aliphatic carbocycles. The Morgan fingerprint density at radius 1 is 1.00 bits per heavy atom. The molecule has 0 saturated carbocycles. The largest absolute Gasteiger partial charge is 0.493 e. The standard InChI is InChI=1S/C29H37Cl2NO5SSi/c1-29(2,3)39(6,7)36-13-12-20-9-10-21(38-20)15-28(33)37-26(16-22-23(30)17-32-18-24(22)31)19-8-11-25(34-4)27(14-19)35-5/h8-11,14,17-18,26H,12-13,15-16H2,1-7H3/p+1/t26-/m0/s1. The molecule has 0 unspecified atom stereocenters. The number of halogens is 2. The van der Waals surface area contributed by atoms with Crippen LogP contribution in [-0.2, 0) is 33.2 Å². The molecule has 0 radical (unpaired) electrons. The highest BCUT2D eigenvalue weighted by Gasteiger charge is 2.36. The molecule has 0 bridgehead atoms. The summed E-state index contributed by atoms with van der Waals surface area (Å²) in [6.07, 6.45) is 3.96. The molecular formula is C29H38Cl2NO5SSi+. The van der Waals surface area contributed by atoms with E-state index in [-0.39, 0.29) is 17.4 Å². The van der Waals surface area contributed by atoms with Gasteiger partial charge in [0.25, 0.3) is 0 Å². The number of hydrogen-bond acceptors (Lipinski definition) is 6. The summed E-state index contributed by atoms with van der Waals surface area (Å²) >= 11 is 14.5. The number of hydrogen-bond donors (Lipinski definition) is 0. The highest BCUT2D eigenvalue weighted by atomic mass is 35.5. The zero-order valence-corrected chi connectivity index (χ0v) is 27.0. The molecule has 0 saturated heterocycles. The Labute approximate surface area is 246 Å². The quantitative estimate of drug-likeness (QED) is 0.157. The van der Waals surface area contributed by atoms with E-state index in [2.05, 4.69) is 44.9 Å². The van der Waals surface area contributed by atoms with Crippen molar-refractivity contribution >= 4 is 48.8 Å². The van der Waals surface area contributed by atoms with Gasteiger partial charge in [0.1, 0.15) is 16.1 Å². The normalized spacial score (nSPS) is 12.7. The van der Waals surface area contributed by atoms with Gasteiger partial charge in [-0.2, -0.15) is 0 Å². The number of carbonyl (C=O) groups excluding carboxylic acids is 1. The van der Waals surface area contributed by atoms with Crippen molar-refractivity contribution in [2.75, 3.05) is 20.8 Å². The van der Waals surface area contributed by atoms with Gasteiger partial charge >= 0.3 is 5.97 Å². The van der Waals surface area contributed by atoms with E-state index >= 15 is 0 Å². The molecule has 0 spiro atoms. The molecule has 2 heterocycles. The predicted molar refractivity (Wildman–Crippen MR) is 160 cm³/mol. The number of ether oxygens (including phenoxy) is 3. The molecule has 212 valence electrons. The number of rotatable bonds is 12. The third-order valence-corrected chi connectivity index (χ3v) is 13.5. The van der Waals surface area contributed by atoms with Crippen LogP contribution in [0.25, 0.3) is 0 Å². The molecule has 1 N–H and O–H groups in total. The minimum atomic E-state index is -1.79. The Morgan fingerprint density at radius 2 is 1.64 bits per heavy atom. The van der Waals surface area contributed by atoms with Gasteiger partial charge in [-0.15, -0.1) is 11.3 Å². The summed E-state index contributed by atoms with van der Waals surface area (Å²) < 4.78 is 23.2. The molecule has 1 atom stereocenters.